The quantitative estimate of drug-likeness (QED) is 0.468. The van der Waals surface area contributed by atoms with Gasteiger partial charge >= 0.3 is 0 Å². The molecule has 0 aliphatic carbocycles. The zero-order valence-corrected chi connectivity index (χ0v) is 13.3. The largest absolute Gasteiger partial charge is 0.496 e. The van der Waals surface area contributed by atoms with Crippen LogP contribution in [0.5, 0.6) is 5.75 Å². The fraction of sp³-hybridized carbons (Fsp3) is 0.0455. The molecule has 0 saturated heterocycles. The Labute approximate surface area is 140 Å². The first-order valence-corrected chi connectivity index (χ1v) is 7.86. The van der Waals surface area contributed by atoms with Gasteiger partial charge in [0, 0.05) is 11.1 Å². The minimum Gasteiger partial charge on any atom is -0.496 e. The highest BCUT2D eigenvalue weighted by atomic mass is 16.5. The van der Waals surface area contributed by atoms with Gasteiger partial charge in [-0.15, -0.1) is 0 Å². The van der Waals surface area contributed by atoms with Crippen molar-refractivity contribution in [1.29, 1.82) is 0 Å². The van der Waals surface area contributed by atoms with Crippen molar-refractivity contribution in [2.45, 2.75) is 0 Å². The van der Waals surface area contributed by atoms with Gasteiger partial charge in [-0.1, -0.05) is 54.6 Å². The van der Waals surface area contributed by atoms with Crippen LogP contribution in [0, 0.1) is 0 Å². The number of rotatable bonds is 3. The molecule has 0 aliphatic heterocycles. The second-order valence-corrected chi connectivity index (χ2v) is 5.77. The van der Waals surface area contributed by atoms with Crippen LogP contribution < -0.4 is 4.74 Å². The fourth-order valence-electron chi connectivity index (χ4n) is 3.31. The molecular weight excluding hydrogens is 296 g/mol. The Bertz CT molecular complexity index is 1060. The van der Waals surface area contributed by atoms with Gasteiger partial charge < -0.3 is 4.74 Å². The van der Waals surface area contributed by atoms with Gasteiger partial charge in [-0.3, -0.25) is 4.79 Å². The lowest BCUT2D eigenvalue weighted by atomic mass is 9.91. The van der Waals surface area contributed by atoms with E-state index < -0.39 is 0 Å². The average molecular weight is 312 g/mol. The number of hydrogen-bond donors (Lipinski definition) is 0. The highest BCUT2D eigenvalue weighted by molar-refractivity contribution is 6.09. The van der Waals surface area contributed by atoms with Crippen molar-refractivity contribution in [3.8, 4) is 16.9 Å². The molecule has 0 unspecified atom stereocenters. The summed E-state index contributed by atoms with van der Waals surface area (Å²) in [7, 11) is 1.68. The molecule has 0 aromatic heterocycles. The van der Waals surface area contributed by atoms with Crippen LogP contribution in [0.4, 0.5) is 0 Å². The second-order valence-electron chi connectivity index (χ2n) is 5.77. The zero-order valence-electron chi connectivity index (χ0n) is 13.3. The van der Waals surface area contributed by atoms with E-state index in [2.05, 4.69) is 24.3 Å². The van der Waals surface area contributed by atoms with Crippen LogP contribution in [-0.4, -0.2) is 13.4 Å². The highest BCUT2D eigenvalue weighted by Crippen LogP contribution is 2.40. The third kappa shape index (κ3) is 2.24. The summed E-state index contributed by atoms with van der Waals surface area (Å²) in [5.74, 6) is 0.807. The van der Waals surface area contributed by atoms with E-state index in [-0.39, 0.29) is 0 Å². The summed E-state index contributed by atoms with van der Waals surface area (Å²) in [4.78, 5) is 11.4. The SMILES string of the molecule is COc1ccc2ccccc2c1-c1cc(C=O)cc2ccccc12. The molecule has 2 heteroatoms. The fourth-order valence-corrected chi connectivity index (χ4v) is 3.31. The van der Waals surface area contributed by atoms with Crippen molar-refractivity contribution in [2.24, 2.45) is 0 Å². The van der Waals surface area contributed by atoms with E-state index >= 15 is 0 Å². The van der Waals surface area contributed by atoms with Gasteiger partial charge in [-0.2, -0.15) is 0 Å². The molecule has 4 aromatic carbocycles. The Balaban J connectivity index is 2.18. The summed E-state index contributed by atoms with van der Waals surface area (Å²) in [6.45, 7) is 0. The molecule has 0 amide bonds. The zero-order chi connectivity index (χ0) is 16.5. The van der Waals surface area contributed by atoms with Gasteiger partial charge in [0.05, 0.1) is 7.11 Å². The predicted octanol–water partition coefficient (Wildman–Crippen LogP) is 5.48. The maximum Gasteiger partial charge on any atom is 0.150 e. The summed E-state index contributed by atoms with van der Waals surface area (Å²) in [5, 5.41) is 4.42. The summed E-state index contributed by atoms with van der Waals surface area (Å²) >= 11 is 0. The molecule has 0 N–H and O–H groups in total. The molecule has 4 aromatic rings. The van der Waals surface area contributed by atoms with E-state index in [1.165, 1.54) is 0 Å². The van der Waals surface area contributed by atoms with Crippen molar-refractivity contribution < 1.29 is 9.53 Å². The third-order valence-electron chi connectivity index (χ3n) is 4.40. The standard InChI is InChI=1S/C22H16O2/c1-24-21-11-10-16-6-2-5-9-19(16)22(21)20-13-15(14-23)12-17-7-3-4-8-18(17)20/h2-14H,1H3. The van der Waals surface area contributed by atoms with E-state index in [0.717, 1.165) is 44.7 Å². The Morgan fingerprint density at radius 2 is 1.50 bits per heavy atom. The van der Waals surface area contributed by atoms with Gasteiger partial charge in [-0.25, -0.2) is 0 Å². The Hall–Kier alpha value is -3.13. The van der Waals surface area contributed by atoms with Crippen molar-refractivity contribution in [3.63, 3.8) is 0 Å². The number of fused-ring (bicyclic) bond motifs is 2. The maximum atomic E-state index is 11.4. The first kappa shape index (κ1) is 14.5. The predicted molar refractivity (Wildman–Crippen MR) is 98.8 cm³/mol. The van der Waals surface area contributed by atoms with Crippen LogP contribution >= 0.6 is 0 Å². The smallest absolute Gasteiger partial charge is 0.150 e. The minimum atomic E-state index is 0.665. The molecular formula is C22H16O2. The van der Waals surface area contributed by atoms with E-state index in [0.29, 0.717) is 5.56 Å². The monoisotopic (exact) mass is 312 g/mol. The molecule has 116 valence electrons. The molecule has 0 radical (unpaired) electrons. The summed E-state index contributed by atoms with van der Waals surface area (Å²) in [6.07, 6.45) is 0.896. The highest BCUT2D eigenvalue weighted by Gasteiger charge is 2.14. The molecule has 2 nitrogen and oxygen atoms in total. The van der Waals surface area contributed by atoms with Gasteiger partial charge in [0.25, 0.3) is 0 Å². The lowest BCUT2D eigenvalue weighted by Crippen LogP contribution is -1.92. The van der Waals surface area contributed by atoms with Gasteiger partial charge in [0.2, 0.25) is 0 Å². The van der Waals surface area contributed by atoms with Crippen LogP contribution in [0.25, 0.3) is 32.7 Å². The molecule has 0 heterocycles. The number of carbonyl (C=O) groups excluding carboxylic acids is 1. The Morgan fingerprint density at radius 1 is 0.792 bits per heavy atom. The molecule has 0 fully saturated rings. The van der Waals surface area contributed by atoms with Crippen LogP contribution in [0.1, 0.15) is 10.4 Å². The minimum absolute atomic E-state index is 0.665. The van der Waals surface area contributed by atoms with Crippen LogP contribution in [0.2, 0.25) is 0 Å². The third-order valence-corrected chi connectivity index (χ3v) is 4.40. The number of ether oxygens (including phenoxy) is 1. The molecule has 4 rings (SSSR count). The Kier molecular flexibility index (Phi) is 3.51. The normalized spacial score (nSPS) is 10.9. The molecule has 24 heavy (non-hydrogen) atoms. The van der Waals surface area contributed by atoms with Crippen LogP contribution in [0.3, 0.4) is 0 Å². The number of methoxy groups -OCH3 is 1. The maximum absolute atomic E-state index is 11.4. The topological polar surface area (TPSA) is 26.3 Å². The number of hydrogen-bond acceptors (Lipinski definition) is 2. The lowest BCUT2D eigenvalue weighted by molar-refractivity contribution is 0.112. The van der Waals surface area contributed by atoms with E-state index in [9.17, 15) is 4.79 Å². The first-order valence-electron chi connectivity index (χ1n) is 7.86. The Morgan fingerprint density at radius 3 is 2.25 bits per heavy atom. The number of benzene rings is 4. The van der Waals surface area contributed by atoms with Gasteiger partial charge in [-0.05, 0) is 45.3 Å². The summed E-state index contributed by atoms with van der Waals surface area (Å²) in [6, 6.07) is 24.3. The van der Waals surface area contributed by atoms with Crippen LogP contribution in [-0.2, 0) is 0 Å². The average Bonchev–Trinajstić information content (AvgIpc) is 2.66. The van der Waals surface area contributed by atoms with Crippen LogP contribution in [0.15, 0.2) is 72.8 Å². The van der Waals surface area contributed by atoms with Crippen molar-refractivity contribution >= 4 is 27.8 Å². The van der Waals surface area contributed by atoms with Crippen molar-refractivity contribution in [1.82, 2.24) is 0 Å². The first-order chi connectivity index (χ1) is 11.8. The van der Waals surface area contributed by atoms with Gasteiger partial charge in [0.15, 0.2) is 0 Å². The molecule has 0 spiro atoms. The molecule has 0 aliphatic rings. The van der Waals surface area contributed by atoms with Gasteiger partial charge in [0.1, 0.15) is 12.0 Å². The van der Waals surface area contributed by atoms with E-state index in [4.69, 9.17) is 4.74 Å². The molecule has 0 atom stereocenters. The molecule has 0 saturated carbocycles. The lowest BCUT2D eigenvalue weighted by Gasteiger charge is -2.15. The second kappa shape index (κ2) is 5.82. The molecule has 0 bridgehead atoms. The van der Waals surface area contributed by atoms with Crippen molar-refractivity contribution in [2.75, 3.05) is 7.11 Å². The van der Waals surface area contributed by atoms with Crippen molar-refractivity contribution in [3.05, 3.63) is 78.4 Å². The van der Waals surface area contributed by atoms with E-state index in [1.54, 1.807) is 7.11 Å². The van der Waals surface area contributed by atoms with E-state index in [1.807, 2.05) is 48.5 Å². The number of aldehydes is 1. The summed E-state index contributed by atoms with van der Waals surface area (Å²) < 4.78 is 5.64. The summed E-state index contributed by atoms with van der Waals surface area (Å²) in [5.41, 5.74) is 2.71. The number of carbonyl (C=O) groups is 1.